The van der Waals surface area contributed by atoms with Crippen molar-refractivity contribution in [1.82, 2.24) is 0 Å². The summed E-state index contributed by atoms with van der Waals surface area (Å²) >= 11 is 0. The van der Waals surface area contributed by atoms with Gasteiger partial charge in [-0.2, -0.15) is 0 Å². The minimum absolute atomic E-state index is 0.0684. The molecule has 0 aliphatic carbocycles. The molecular formula is C19H22F2N2O5. The van der Waals surface area contributed by atoms with E-state index in [0.717, 1.165) is 31.0 Å². The molecule has 0 saturated heterocycles. The summed E-state index contributed by atoms with van der Waals surface area (Å²) in [7, 11) is 0. The monoisotopic (exact) mass is 396 g/mol. The highest BCUT2D eigenvalue weighted by molar-refractivity contribution is 5.92. The predicted molar refractivity (Wildman–Crippen MR) is 98.9 cm³/mol. The van der Waals surface area contributed by atoms with Gasteiger partial charge in [-0.25, -0.2) is 13.6 Å². The molecule has 1 atom stereocenters. The summed E-state index contributed by atoms with van der Waals surface area (Å²) in [5, 5.41) is 26.5. The fourth-order valence-electron chi connectivity index (χ4n) is 2.23. The van der Waals surface area contributed by atoms with E-state index in [2.05, 4.69) is 0 Å². The van der Waals surface area contributed by atoms with Gasteiger partial charge < -0.3 is 26.8 Å². The maximum absolute atomic E-state index is 13.5. The van der Waals surface area contributed by atoms with Crippen LogP contribution in [0, 0.1) is 11.6 Å². The minimum Gasteiger partial charge on any atom is -0.507 e. The van der Waals surface area contributed by atoms with E-state index in [-0.39, 0.29) is 16.7 Å². The van der Waals surface area contributed by atoms with Crippen LogP contribution in [0.25, 0.3) is 11.1 Å². The van der Waals surface area contributed by atoms with Gasteiger partial charge in [0.1, 0.15) is 29.0 Å². The number of rotatable bonds is 7. The fraction of sp³-hybridized carbons (Fsp3) is 0.263. The maximum atomic E-state index is 13.5. The highest BCUT2D eigenvalue weighted by atomic mass is 19.1. The topological polar surface area (TPSA) is 147 Å². The number of aliphatic carboxylic acids is 1. The Morgan fingerprint density at radius 2 is 1.71 bits per heavy atom. The van der Waals surface area contributed by atoms with E-state index in [1.807, 2.05) is 0 Å². The zero-order valence-electron chi connectivity index (χ0n) is 14.9. The summed E-state index contributed by atoms with van der Waals surface area (Å²) in [5.74, 6) is -4.17. The van der Waals surface area contributed by atoms with Gasteiger partial charge in [0.2, 0.25) is 0 Å². The molecular weight excluding hydrogens is 374 g/mol. The van der Waals surface area contributed by atoms with Gasteiger partial charge in [0.05, 0.1) is 0 Å². The van der Waals surface area contributed by atoms with Gasteiger partial charge in [-0.15, -0.1) is 0 Å². The lowest BCUT2D eigenvalue weighted by Crippen LogP contribution is -2.29. The first kappa shape index (κ1) is 23.0. The first-order chi connectivity index (χ1) is 13.2. The molecule has 0 bridgehead atoms. The van der Waals surface area contributed by atoms with Crippen molar-refractivity contribution >= 4 is 11.9 Å². The van der Waals surface area contributed by atoms with Crippen LogP contribution in [0.15, 0.2) is 36.4 Å². The number of carboxylic acids is 2. The van der Waals surface area contributed by atoms with E-state index in [9.17, 15) is 23.5 Å². The molecule has 0 spiro atoms. The molecule has 0 fully saturated rings. The van der Waals surface area contributed by atoms with Crippen LogP contribution in [0.4, 0.5) is 8.78 Å². The van der Waals surface area contributed by atoms with Crippen molar-refractivity contribution in [3.63, 3.8) is 0 Å². The van der Waals surface area contributed by atoms with Gasteiger partial charge in [-0.05, 0) is 49.2 Å². The lowest BCUT2D eigenvalue weighted by molar-refractivity contribution is -0.138. The summed E-state index contributed by atoms with van der Waals surface area (Å²) in [6.45, 7) is 0.604. The number of hydrogen-bond donors (Lipinski definition) is 5. The first-order valence-corrected chi connectivity index (χ1v) is 8.37. The van der Waals surface area contributed by atoms with E-state index < -0.39 is 35.4 Å². The van der Waals surface area contributed by atoms with Crippen molar-refractivity contribution in [2.24, 2.45) is 11.5 Å². The molecule has 0 aliphatic rings. The Morgan fingerprint density at radius 3 is 2.25 bits per heavy atom. The second-order valence-electron chi connectivity index (χ2n) is 5.89. The Hall–Kier alpha value is -3.04. The number of unbranched alkanes of at least 4 members (excludes halogenated alkanes) is 1. The number of aromatic hydroxyl groups is 1. The van der Waals surface area contributed by atoms with Gasteiger partial charge in [-0.3, -0.25) is 4.79 Å². The smallest absolute Gasteiger partial charge is 0.339 e. The molecule has 152 valence electrons. The molecule has 28 heavy (non-hydrogen) atoms. The van der Waals surface area contributed by atoms with Gasteiger partial charge in [0, 0.05) is 11.6 Å². The third kappa shape index (κ3) is 6.93. The van der Waals surface area contributed by atoms with Gasteiger partial charge in [0.25, 0.3) is 0 Å². The molecule has 0 heterocycles. The molecule has 0 aliphatic heterocycles. The van der Waals surface area contributed by atoms with E-state index in [0.29, 0.717) is 19.0 Å². The van der Waals surface area contributed by atoms with Gasteiger partial charge in [0.15, 0.2) is 0 Å². The summed E-state index contributed by atoms with van der Waals surface area (Å²) < 4.78 is 26.3. The van der Waals surface area contributed by atoms with Crippen LogP contribution in [-0.2, 0) is 4.79 Å². The van der Waals surface area contributed by atoms with Crippen molar-refractivity contribution in [1.29, 1.82) is 0 Å². The molecule has 1 unspecified atom stereocenters. The summed E-state index contributed by atoms with van der Waals surface area (Å²) in [5.41, 5.74) is 10.4. The second kappa shape index (κ2) is 11.0. The highest BCUT2D eigenvalue weighted by Gasteiger charge is 2.13. The molecule has 2 rings (SSSR count). The zero-order valence-corrected chi connectivity index (χ0v) is 14.9. The summed E-state index contributed by atoms with van der Waals surface area (Å²) in [6, 6.07) is 5.93. The Kier molecular flexibility index (Phi) is 9.00. The number of benzene rings is 2. The number of aromatic carboxylic acids is 1. The molecule has 2 aromatic carbocycles. The molecule has 0 amide bonds. The molecule has 0 saturated carbocycles. The van der Waals surface area contributed by atoms with Crippen molar-refractivity contribution in [3.05, 3.63) is 53.6 Å². The van der Waals surface area contributed by atoms with Crippen LogP contribution in [0.2, 0.25) is 0 Å². The van der Waals surface area contributed by atoms with Crippen molar-refractivity contribution in [2.45, 2.75) is 25.3 Å². The van der Waals surface area contributed by atoms with E-state index >= 15 is 0 Å². The lowest BCUT2D eigenvalue weighted by Gasteiger charge is -2.06. The minimum atomic E-state index is -1.32. The number of nitrogens with two attached hydrogens (primary N) is 2. The Labute approximate surface area is 160 Å². The van der Waals surface area contributed by atoms with Crippen LogP contribution in [0.3, 0.4) is 0 Å². The number of halogens is 2. The summed E-state index contributed by atoms with van der Waals surface area (Å²) in [6.07, 6.45) is 2.16. The normalized spacial score (nSPS) is 11.3. The standard InChI is InChI=1S/C13H8F2O3.C6H14N2O2/c14-8-2-3-9(11(15)6-8)7-1-4-12(16)10(5-7)13(17)18;7-4-2-1-3-5(8)6(9)10/h1-6,16H,(H,17,18);5H,1-4,7-8H2,(H,9,10). The third-order valence-electron chi connectivity index (χ3n) is 3.76. The van der Waals surface area contributed by atoms with Crippen molar-refractivity contribution in [2.75, 3.05) is 6.54 Å². The molecule has 0 aromatic heterocycles. The Bertz CT molecular complexity index is 830. The largest absolute Gasteiger partial charge is 0.507 e. The molecule has 2 aromatic rings. The quantitative estimate of drug-likeness (QED) is 0.452. The third-order valence-corrected chi connectivity index (χ3v) is 3.76. The Morgan fingerprint density at radius 1 is 1.04 bits per heavy atom. The molecule has 7 N–H and O–H groups in total. The van der Waals surface area contributed by atoms with Crippen LogP contribution in [0.5, 0.6) is 5.75 Å². The van der Waals surface area contributed by atoms with Crippen LogP contribution < -0.4 is 11.5 Å². The number of carbonyl (C=O) groups is 2. The zero-order chi connectivity index (χ0) is 21.3. The molecule has 0 radical (unpaired) electrons. The molecule has 9 heteroatoms. The van der Waals surface area contributed by atoms with E-state index in [1.165, 1.54) is 12.1 Å². The van der Waals surface area contributed by atoms with E-state index in [4.69, 9.17) is 21.7 Å². The Balaban J connectivity index is 0.000000336. The van der Waals surface area contributed by atoms with Crippen LogP contribution >= 0.6 is 0 Å². The lowest BCUT2D eigenvalue weighted by atomic mass is 10.0. The van der Waals surface area contributed by atoms with Crippen LogP contribution in [0.1, 0.15) is 29.6 Å². The van der Waals surface area contributed by atoms with E-state index in [1.54, 1.807) is 0 Å². The highest BCUT2D eigenvalue weighted by Crippen LogP contribution is 2.28. The average molecular weight is 396 g/mol. The second-order valence-corrected chi connectivity index (χ2v) is 5.89. The van der Waals surface area contributed by atoms with Gasteiger partial charge in [-0.1, -0.05) is 12.5 Å². The molecule has 7 nitrogen and oxygen atoms in total. The van der Waals surface area contributed by atoms with Crippen LogP contribution in [-0.4, -0.2) is 39.8 Å². The first-order valence-electron chi connectivity index (χ1n) is 8.37. The number of phenols is 1. The number of carboxylic acid groups (broad SMARTS) is 2. The van der Waals surface area contributed by atoms with Gasteiger partial charge >= 0.3 is 11.9 Å². The maximum Gasteiger partial charge on any atom is 0.339 e. The fourth-order valence-corrected chi connectivity index (χ4v) is 2.23. The predicted octanol–water partition coefficient (Wildman–Crippen LogP) is 2.56. The SMILES string of the molecule is NCCCCC(N)C(=O)O.O=C(O)c1cc(-c2ccc(F)cc2F)ccc1O. The van der Waals surface area contributed by atoms with Crippen molar-refractivity contribution < 1.29 is 33.7 Å². The summed E-state index contributed by atoms with van der Waals surface area (Å²) in [4.78, 5) is 21.0. The van der Waals surface area contributed by atoms with Crippen molar-refractivity contribution in [3.8, 4) is 16.9 Å². The number of hydrogen-bond acceptors (Lipinski definition) is 5. The average Bonchev–Trinajstić information content (AvgIpc) is 2.63.